The Morgan fingerprint density at radius 2 is 1.20 bits per heavy atom. The predicted octanol–water partition coefficient (Wildman–Crippen LogP) is 6.57. The van der Waals surface area contributed by atoms with Crippen molar-refractivity contribution in [3.05, 3.63) is 90.8 Å². The topological polar surface area (TPSA) is 51.8 Å². The zero-order valence-electron chi connectivity index (χ0n) is 16.3. The molecule has 0 unspecified atom stereocenters. The molecule has 142 valence electrons. The summed E-state index contributed by atoms with van der Waals surface area (Å²) in [7, 11) is 0. The maximum atomic E-state index is 6.05. The fourth-order valence-corrected chi connectivity index (χ4v) is 4.10. The second kappa shape index (κ2) is 6.49. The third kappa shape index (κ3) is 2.58. The lowest BCUT2D eigenvalue weighted by Crippen LogP contribution is -2.00. The first-order valence-corrected chi connectivity index (χ1v) is 9.89. The molecule has 0 radical (unpaired) electrons. The highest BCUT2D eigenvalue weighted by Crippen LogP contribution is 2.36. The number of aryl methyl sites for hydroxylation is 1. The van der Waals surface area contributed by atoms with E-state index < -0.39 is 0 Å². The van der Waals surface area contributed by atoms with E-state index in [0.717, 1.165) is 43.8 Å². The summed E-state index contributed by atoms with van der Waals surface area (Å²) in [5.74, 6) is 2.02. The van der Waals surface area contributed by atoms with E-state index in [9.17, 15) is 0 Å². The van der Waals surface area contributed by atoms with Crippen molar-refractivity contribution in [3.8, 4) is 22.8 Å². The average molecular weight is 387 g/mol. The maximum Gasteiger partial charge on any atom is 0.164 e. The molecule has 0 amide bonds. The number of hydrogen-bond donors (Lipinski definition) is 0. The number of furan rings is 1. The van der Waals surface area contributed by atoms with Crippen LogP contribution in [0.1, 0.15) is 5.82 Å². The maximum absolute atomic E-state index is 6.05. The van der Waals surface area contributed by atoms with Gasteiger partial charge in [-0.15, -0.1) is 0 Å². The van der Waals surface area contributed by atoms with Gasteiger partial charge in [0.05, 0.1) is 0 Å². The van der Waals surface area contributed by atoms with Crippen LogP contribution < -0.4 is 0 Å². The Balaban J connectivity index is 1.63. The molecule has 4 aromatic carbocycles. The molecule has 2 aromatic heterocycles. The standard InChI is InChI=1S/C26H17N3O/c1-16-27-25(19-12-6-9-17-8-2-3-10-18(17)19)29-26(28-16)21-13-7-15-23-24(21)20-11-4-5-14-22(20)30-23/h2-15H,1H3. The van der Waals surface area contributed by atoms with Crippen molar-refractivity contribution in [2.75, 3.05) is 0 Å². The Bertz CT molecular complexity index is 1560. The van der Waals surface area contributed by atoms with Crippen LogP contribution in [0.2, 0.25) is 0 Å². The summed E-state index contributed by atoms with van der Waals surface area (Å²) >= 11 is 0. The van der Waals surface area contributed by atoms with Crippen LogP contribution in [0, 0.1) is 6.92 Å². The quantitative estimate of drug-likeness (QED) is 0.337. The third-order valence-electron chi connectivity index (χ3n) is 5.42. The van der Waals surface area contributed by atoms with Crippen molar-refractivity contribution in [2.24, 2.45) is 0 Å². The molecule has 0 fully saturated rings. The van der Waals surface area contributed by atoms with Crippen LogP contribution in [0.25, 0.3) is 55.5 Å². The molecule has 0 spiro atoms. The SMILES string of the molecule is Cc1nc(-c2cccc3ccccc23)nc(-c2cccc3oc4ccccc4c23)n1. The second-order valence-corrected chi connectivity index (χ2v) is 7.33. The number of hydrogen-bond acceptors (Lipinski definition) is 4. The first-order chi connectivity index (χ1) is 14.8. The molecule has 0 saturated carbocycles. The van der Waals surface area contributed by atoms with Gasteiger partial charge in [0.1, 0.15) is 17.0 Å². The highest BCUT2D eigenvalue weighted by Gasteiger charge is 2.16. The van der Waals surface area contributed by atoms with Crippen LogP contribution in [0.15, 0.2) is 89.3 Å². The van der Waals surface area contributed by atoms with Crippen LogP contribution in [0.3, 0.4) is 0 Å². The van der Waals surface area contributed by atoms with Crippen molar-refractivity contribution < 1.29 is 4.42 Å². The third-order valence-corrected chi connectivity index (χ3v) is 5.42. The monoisotopic (exact) mass is 387 g/mol. The lowest BCUT2D eigenvalue weighted by Gasteiger charge is -2.09. The van der Waals surface area contributed by atoms with Crippen LogP contribution >= 0.6 is 0 Å². The Labute approximate surface area is 172 Å². The molecule has 6 aromatic rings. The Morgan fingerprint density at radius 1 is 0.567 bits per heavy atom. The van der Waals surface area contributed by atoms with Crippen molar-refractivity contribution >= 4 is 32.7 Å². The van der Waals surface area contributed by atoms with Crippen molar-refractivity contribution in [2.45, 2.75) is 6.92 Å². The average Bonchev–Trinajstić information content (AvgIpc) is 3.17. The van der Waals surface area contributed by atoms with Crippen LogP contribution in [-0.4, -0.2) is 15.0 Å². The summed E-state index contributed by atoms with van der Waals surface area (Å²) in [4.78, 5) is 14.2. The van der Waals surface area contributed by atoms with E-state index in [0.29, 0.717) is 17.5 Å². The summed E-state index contributed by atoms with van der Waals surface area (Å²) in [6, 6.07) is 28.6. The van der Waals surface area contributed by atoms with Gasteiger partial charge in [0.25, 0.3) is 0 Å². The fourth-order valence-electron chi connectivity index (χ4n) is 4.10. The van der Waals surface area contributed by atoms with Gasteiger partial charge < -0.3 is 4.42 Å². The summed E-state index contributed by atoms with van der Waals surface area (Å²) in [6.45, 7) is 1.91. The predicted molar refractivity (Wildman–Crippen MR) is 120 cm³/mol. The molecule has 0 saturated heterocycles. The molecule has 30 heavy (non-hydrogen) atoms. The zero-order valence-corrected chi connectivity index (χ0v) is 16.3. The Kier molecular flexibility index (Phi) is 3.65. The summed E-state index contributed by atoms with van der Waals surface area (Å²) in [6.07, 6.45) is 0. The van der Waals surface area contributed by atoms with E-state index in [2.05, 4.69) is 40.3 Å². The molecular weight excluding hydrogens is 370 g/mol. The smallest absolute Gasteiger partial charge is 0.164 e. The largest absolute Gasteiger partial charge is 0.456 e. The molecule has 0 aliphatic heterocycles. The fraction of sp³-hybridized carbons (Fsp3) is 0.0385. The van der Waals surface area contributed by atoms with Crippen LogP contribution in [-0.2, 0) is 0 Å². The van der Waals surface area contributed by atoms with Gasteiger partial charge in [-0.3, -0.25) is 0 Å². The lowest BCUT2D eigenvalue weighted by atomic mass is 10.0. The molecule has 4 nitrogen and oxygen atoms in total. The highest BCUT2D eigenvalue weighted by atomic mass is 16.3. The van der Waals surface area contributed by atoms with Gasteiger partial charge in [0.2, 0.25) is 0 Å². The van der Waals surface area contributed by atoms with Crippen LogP contribution in [0.5, 0.6) is 0 Å². The molecule has 0 N–H and O–H groups in total. The van der Waals surface area contributed by atoms with Gasteiger partial charge in [-0.1, -0.05) is 72.8 Å². The van der Waals surface area contributed by atoms with E-state index in [1.807, 2.05) is 61.5 Å². The first-order valence-electron chi connectivity index (χ1n) is 9.89. The van der Waals surface area contributed by atoms with E-state index in [1.54, 1.807) is 0 Å². The van der Waals surface area contributed by atoms with Crippen LogP contribution in [0.4, 0.5) is 0 Å². The molecule has 0 aliphatic rings. The van der Waals surface area contributed by atoms with E-state index in [1.165, 1.54) is 0 Å². The molecule has 0 bridgehead atoms. The molecular formula is C26H17N3O. The lowest BCUT2D eigenvalue weighted by molar-refractivity contribution is 0.669. The molecule has 4 heteroatoms. The number of aromatic nitrogens is 3. The Hall–Kier alpha value is -4.05. The van der Waals surface area contributed by atoms with E-state index >= 15 is 0 Å². The van der Waals surface area contributed by atoms with Gasteiger partial charge in [0, 0.05) is 21.9 Å². The van der Waals surface area contributed by atoms with Gasteiger partial charge in [-0.2, -0.15) is 0 Å². The van der Waals surface area contributed by atoms with Gasteiger partial charge in [-0.05, 0) is 29.8 Å². The molecule has 0 aliphatic carbocycles. The number of fused-ring (bicyclic) bond motifs is 4. The van der Waals surface area contributed by atoms with Crippen molar-refractivity contribution in [1.29, 1.82) is 0 Å². The van der Waals surface area contributed by atoms with Gasteiger partial charge in [0.15, 0.2) is 11.6 Å². The summed E-state index contributed by atoms with van der Waals surface area (Å²) in [5, 5.41) is 4.39. The summed E-state index contributed by atoms with van der Waals surface area (Å²) < 4.78 is 6.05. The number of para-hydroxylation sites is 1. The van der Waals surface area contributed by atoms with E-state index in [4.69, 9.17) is 9.40 Å². The van der Waals surface area contributed by atoms with Gasteiger partial charge >= 0.3 is 0 Å². The highest BCUT2D eigenvalue weighted by molar-refractivity contribution is 6.11. The van der Waals surface area contributed by atoms with Crippen molar-refractivity contribution in [1.82, 2.24) is 15.0 Å². The van der Waals surface area contributed by atoms with E-state index in [-0.39, 0.29) is 0 Å². The normalized spacial score (nSPS) is 11.5. The second-order valence-electron chi connectivity index (χ2n) is 7.33. The Morgan fingerprint density at radius 3 is 2.10 bits per heavy atom. The molecule has 2 heterocycles. The number of nitrogens with zero attached hydrogens (tertiary/aromatic N) is 3. The minimum absolute atomic E-state index is 0.655. The summed E-state index contributed by atoms with van der Waals surface area (Å²) in [5.41, 5.74) is 3.65. The van der Waals surface area contributed by atoms with Gasteiger partial charge in [-0.25, -0.2) is 15.0 Å². The molecule has 0 atom stereocenters. The minimum Gasteiger partial charge on any atom is -0.456 e. The minimum atomic E-state index is 0.655. The zero-order chi connectivity index (χ0) is 20.1. The van der Waals surface area contributed by atoms with Crippen molar-refractivity contribution in [3.63, 3.8) is 0 Å². The number of rotatable bonds is 2. The molecule has 6 rings (SSSR count). The number of benzene rings is 4. The first kappa shape index (κ1) is 16.9.